The number of H-pyrrole nitrogens is 1. The molecular formula is C20H22N4O2. The van der Waals surface area contributed by atoms with E-state index in [0.29, 0.717) is 19.6 Å². The molecule has 4 rings (SSSR count). The van der Waals surface area contributed by atoms with Crippen molar-refractivity contribution in [3.05, 3.63) is 59.5 Å². The van der Waals surface area contributed by atoms with Gasteiger partial charge in [-0.1, -0.05) is 6.07 Å². The van der Waals surface area contributed by atoms with Crippen LogP contribution < -0.4 is 4.90 Å². The van der Waals surface area contributed by atoms with Gasteiger partial charge in [0.2, 0.25) is 5.91 Å². The van der Waals surface area contributed by atoms with Crippen LogP contribution in [0.4, 0.5) is 5.69 Å². The minimum absolute atomic E-state index is 0.126. The fraction of sp³-hybridized carbons (Fsp3) is 0.300. The van der Waals surface area contributed by atoms with Crippen LogP contribution in [0.15, 0.2) is 47.0 Å². The molecule has 3 aromatic rings. The van der Waals surface area contributed by atoms with Crippen LogP contribution in [-0.2, 0) is 11.3 Å². The molecule has 0 aliphatic carbocycles. The molecule has 1 aromatic carbocycles. The number of aromatic nitrogens is 2. The summed E-state index contributed by atoms with van der Waals surface area (Å²) in [6, 6.07) is 12.0. The third kappa shape index (κ3) is 3.41. The van der Waals surface area contributed by atoms with Gasteiger partial charge in [0.05, 0.1) is 13.1 Å². The van der Waals surface area contributed by atoms with E-state index < -0.39 is 0 Å². The Kier molecular flexibility index (Phi) is 4.34. The van der Waals surface area contributed by atoms with E-state index in [4.69, 9.17) is 4.42 Å². The number of carbonyl (C=O) groups excluding carboxylic acids is 1. The molecule has 0 bridgehead atoms. The monoisotopic (exact) mass is 350 g/mol. The molecule has 1 saturated heterocycles. The normalized spacial score (nSPS) is 15.6. The van der Waals surface area contributed by atoms with Crippen molar-refractivity contribution in [1.82, 2.24) is 15.1 Å². The number of nitrogens with zero attached hydrogens (tertiary/aromatic N) is 3. The summed E-state index contributed by atoms with van der Waals surface area (Å²) in [5.74, 6) is 1.74. The summed E-state index contributed by atoms with van der Waals surface area (Å²) < 4.78 is 5.87. The Balaban J connectivity index is 1.42. The third-order valence-electron chi connectivity index (χ3n) is 4.63. The van der Waals surface area contributed by atoms with Gasteiger partial charge in [0, 0.05) is 25.0 Å². The highest BCUT2D eigenvalue weighted by Gasteiger charge is 2.26. The van der Waals surface area contributed by atoms with Gasteiger partial charge < -0.3 is 9.32 Å². The van der Waals surface area contributed by atoms with E-state index in [0.717, 1.165) is 29.4 Å². The first kappa shape index (κ1) is 16.6. The number of anilines is 1. The van der Waals surface area contributed by atoms with Crippen molar-refractivity contribution in [3.63, 3.8) is 0 Å². The number of carbonyl (C=O) groups is 1. The molecule has 0 radical (unpaired) electrons. The Morgan fingerprint density at radius 1 is 1.12 bits per heavy atom. The molecule has 6 nitrogen and oxygen atoms in total. The molecule has 0 saturated carbocycles. The number of hydrogen-bond donors (Lipinski definition) is 1. The van der Waals surface area contributed by atoms with Crippen LogP contribution in [0.3, 0.4) is 0 Å². The summed E-state index contributed by atoms with van der Waals surface area (Å²) in [6.07, 6.45) is 1.70. The maximum Gasteiger partial charge on any atom is 0.241 e. The molecule has 134 valence electrons. The summed E-state index contributed by atoms with van der Waals surface area (Å²) in [7, 11) is 0. The highest BCUT2D eigenvalue weighted by Crippen LogP contribution is 2.23. The number of amides is 1. The van der Waals surface area contributed by atoms with Crippen molar-refractivity contribution in [1.29, 1.82) is 0 Å². The topological polar surface area (TPSA) is 65.4 Å². The fourth-order valence-electron chi connectivity index (χ4n) is 3.46. The first-order valence-electron chi connectivity index (χ1n) is 8.78. The quantitative estimate of drug-likeness (QED) is 0.785. The average molecular weight is 350 g/mol. The van der Waals surface area contributed by atoms with E-state index in [9.17, 15) is 4.79 Å². The molecule has 0 spiro atoms. The lowest BCUT2D eigenvalue weighted by molar-refractivity contribution is -0.121. The largest absolute Gasteiger partial charge is 0.458 e. The van der Waals surface area contributed by atoms with Crippen LogP contribution in [0, 0.1) is 13.8 Å². The van der Waals surface area contributed by atoms with Crippen molar-refractivity contribution in [2.45, 2.75) is 20.4 Å². The smallest absolute Gasteiger partial charge is 0.241 e. The summed E-state index contributed by atoms with van der Waals surface area (Å²) >= 11 is 0. The Morgan fingerprint density at radius 3 is 2.62 bits per heavy atom. The number of hydrogen-bond acceptors (Lipinski definition) is 4. The Labute approximate surface area is 152 Å². The maximum atomic E-state index is 12.7. The number of aryl methyl sites for hydroxylation is 2. The van der Waals surface area contributed by atoms with Gasteiger partial charge in [-0.2, -0.15) is 5.10 Å². The van der Waals surface area contributed by atoms with Gasteiger partial charge in [-0.3, -0.25) is 14.8 Å². The molecule has 2 aromatic heterocycles. The molecule has 0 atom stereocenters. The van der Waals surface area contributed by atoms with Crippen molar-refractivity contribution < 1.29 is 9.21 Å². The second-order valence-corrected chi connectivity index (χ2v) is 6.84. The van der Waals surface area contributed by atoms with E-state index in [1.807, 2.05) is 23.1 Å². The summed E-state index contributed by atoms with van der Waals surface area (Å²) in [4.78, 5) is 16.7. The van der Waals surface area contributed by atoms with E-state index in [-0.39, 0.29) is 5.91 Å². The molecule has 1 N–H and O–H groups in total. The predicted octanol–water partition coefficient (Wildman–Crippen LogP) is 3.14. The summed E-state index contributed by atoms with van der Waals surface area (Å²) in [5.41, 5.74) is 4.20. The number of benzene rings is 1. The maximum absolute atomic E-state index is 12.7. The Morgan fingerprint density at radius 2 is 1.92 bits per heavy atom. The lowest BCUT2D eigenvalue weighted by Crippen LogP contribution is -2.50. The van der Waals surface area contributed by atoms with Crippen LogP contribution in [0.2, 0.25) is 0 Å². The number of rotatable bonds is 4. The van der Waals surface area contributed by atoms with Gasteiger partial charge in [0.25, 0.3) is 0 Å². The number of furan rings is 1. The minimum atomic E-state index is 0.126. The Hall–Kier alpha value is -2.86. The van der Waals surface area contributed by atoms with E-state index in [1.165, 1.54) is 11.1 Å². The molecule has 1 fully saturated rings. The van der Waals surface area contributed by atoms with Crippen molar-refractivity contribution in [3.8, 4) is 11.5 Å². The highest BCUT2D eigenvalue weighted by molar-refractivity contribution is 5.95. The molecule has 0 unspecified atom stereocenters. The van der Waals surface area contributed by atoms with E-state index >= 15 is 0 Å². The SMILES string of the molecule is Cc1cc(C)cc(N2CCN(Cc3ccc(-c4ccn[nH]4)o3)CC2=O)c1. The van der Waals surface area contributed by atoms with Gasteiger partial charge in [-0.25, -0.2) is 0 Å². The standard InChI is InChI=1S/C20H22N4O2/c1-14-9-15(2)11-16(10-14)24-8-7-23(13-20(24)25)12-17-3-4-19(26-17)18-5-6-21-22-18/h3-6,9-11H,7-8,12-13H2,1-2H3,(H,21,22). The first-order valence-corrected chi connectivity index (χ1v) is 8.78. The third-order valence-corrected chi connectivity index (χ3v) is 4.63. The number of piperazine rings is 1. The van der Waals surface area contributed by atoms with Crippen LogP contribution >= 0.6 is 0 Å². The molecule has 6 heteroatoms. The van der Waals surface area contributed by atoms with E-state index in [1.54, 1.807) is 6.20 Å². The fourth-order valence-corrected chi connectivity index (χ4v) is 3.46. The minimum Gasteiger partial charge on any atom is -0.458 e. The predicted molar refractivity (Wildman–Crippen MR) is 99.8 cm³/mol. The molecule has 1 amide bonds. The van der Waals surface area contributed by atoms with Gasteiger partial charge in [0.1, 0.15) is 11.5 Å². The van der Waals surface area contributed by atoms with Gasteiger partial charge in [-0.05, 0) is 55.3 Å². The number of aromatic amines is 1. The molecule has 1 aliphatic rings. The summed E-state index contributed by atoms with van der Waals surface area (Å²) in [5, 5.41) is 6.83. The van der Waals surface area contributed by atoms with Crippen LogP contribution in [0.1, 0.15) is 16.9 Å². The van der Waals surface area contributed by atoms with Gasteiger partial charge >= 0.3 is 0 Å². The molecule has 26 heavy (non-hydrogen) atoms. The zero-order chi connectivity index (χ0) is 18.1. The van der Waals surface area contributed by atoms with Crippen LogP contribution in [-0.4, -0.2) is 40.6 Å². The highest BCUT2D eigenvalue weighted by atomic mass is 16.3. The zero-order valence-electron chi connectivity index (χ0n) is 15.0. The molecular weight excluding hydrogens is 328 g/mol. The zero-order valence-corrected chi connectivity index (χ0v) is 15.0. The van der Waals surface area contributed by atoms with Crippen molar-refractivity contribution in [2.24, 2.45) is 0 Å². The Bertz CT molecular complexity index is 894. The van der Waals surface area contributed by atoms with Crippen LogP contribution in [0.25, 0.3) is 11.5 Å². The summed E-state index contributed by atoms with van der Waals surface area (Å²) in [6.45, 7) is 6.65. The molecule has 3 heterocycles. The average Bonchev–Trinajstić information content (AvgIpc) is 3.25. The molecule has 1 aliphatic heterocycles. The van der Waals surface area contributed by atoms with Gasteiger partial charge in [0.15, 0.2) is 5.76 Å². The lowest BCUT2D eigenvalue weighted by Gasteiger charge is -2.34. The first-order chi connectivity index (χ1) is 12.6. The van der Waals surface area contributed by atoms with E-state index in [2.05, 4.69) is 47.1 Å². The second-order valence-electron chi connectivity index (χ2n) is 6.84. The van der Waals surface area contributed by atoms with Crippen LogP contribution in [0.5, 0.6) is 0 Å². The van der Waals surface area contributed by atoms with Crippen molar-refractivity contribution in [2.75, 3.05) is 24.5 Å². The second kappa shape index (κ2) is 6.80. The lowest BCUT2D eigenvalue weighted by atomic mass is 10.1. The number of nitrogens with one attached hydrogen (secondary N) is 1. The van der Waals surface area contributed by atoms with Crippen molar-refractivity contribution >= 4 is 11.6 Å². The van der Waals surface area contributed by atoms with Gasteiger partial charge in [-0.15, -0.1) is 0 Å².